The number of allylic oxidation sites excluding steroid dienone is 7. The molecule has 0 spiro atoms. The van der Waals surface area contributed by atoms with Gasteiger partial charge in [0.15, 0.2) is 0 Å². The molecular formula is C51H43N. The Bertz CT molecular complexity index is 2590. The average Bonchev–Trinajstić information content (AvgIpc) is 3.18. The molecule has 0 atom stereocenters. The van der Waals surface area contributed by atoms with Crippen molar-refractivity contribution in [1.82, 2.24) is 0 Å². The summed E-state index contributed by atoms with van der Waals surface area (Å²) < 4.78 is 0. The van der Waals surface area contributed by atoms with Gasteiger partial charge in [0.25, 0.3) is 0 Å². The molecule has 7 aromatic rings. The van der Waals surface area contributed by atoms with Gasteiger partial charge in [-0.2, -0.15) is 0 Å². The van der Waals surface area contributed by atoms with Gasteiger partial charge in [-0.15, -0.1) is 0 Å². The third kappa shape index (κ3) is 6.34. The molecule has 0 bridgehead atoms. The summed E-state index contributed by atoms with van der Waals surface area (Å²) in [5.74, 6) is 0. The third-order valence-corrected chi connectivity index (χ3v) is 9.92. The molecule has 0 radical (unpaired) electrons. The first-order valence-electron chi connectivity index (χ1n) is 17.8. The van der Waals surface area contributed by atoms with Crippen LogP contribution in [0.2, 0.25) is 0 Å². The Morgan fingerprint density at radius 3 is 1.63 bits per heavy atom. The van der Waals surface area contributed by atoms with E-state index in [1.165, 1.54) is 65.7 Å². The molecule has 0 aliphatic carbocycles. The van der Waals surface area contributed by atoms with E-state index in [1.54, 1.807) is 6.08 Å². The van der Waals surface area contributed by atoms with Crippen LogP contribution in [0, 0.1) is 13.8 Å². The number of hydrogen-bond acceptors (Lipinski definition) is 1. The molecule has 0 aromatic heterocycles. The standard InChI is InChI=1S/C51H43N/c1-7-16-41(10-4)52(42(17-8-2)18-9-3)43-21-15-20-37(31-43)39-27-29-47-48-30-28-40(34-51(48)46-24-14-13-23-45(46)50(47)33-39)38-26-25-36(6)49(32-38)44-22-12-11-19-35(44)5/h7-34H,1-2,4H2,3,5-6H3/b18-9-,41-16+,42-17+. The fourth-order valence-electron chi connectivity index (χ4n) is 7.41. The predicted molar refractivity (Wildman–Crippen MR) is 229 cm³/mol. The van der Waals surface area contributed by atoms with Crippen molar-refractivity contribution >= 4 is 38.0 Å². The molecule has 52 heavy (non-hydrogen) atoms. The van der Waals surface area contributed by atoms with E-state index in [-0.39, 0.29) is 0 Å². The number of nitrogens with zero attached hydrogens (tertiary/aromatic N) is 1. The minimum absolute atomic E-state index is 0.922. The van der Waals surface area contributed by atoms with E-state index in [9.17, 15) is 0 Å². The van der Waals surface area contributed by atoms with Gasteiger partial charge < -0.3 is 4.90 Å². The van der Waals surface area contributed by atoms with E-state index >= 15 is 0 Å². The molecule has 0 amide bonds. The van der Waals surface area contributed by atoms with Crippen molar-refractivity contribution in [2.75, 3.05) is 4.90 Å². The maximum atomic E-state index is 4.11. The van der Waals surface area contributed by atoms with Crippen LogP contribution >= 0.6 is 0 Å². The highest BCUT2D eigenvalue weighted by atomic mass is 15.1. The first kappa shape index (κ1) is 34.0. The summed E-state index contributed by atoms with van der Waals surface area (Å²) >= 11 is 0. The SMILES string of the molecule is C=C/C=C(\C=C)N(C(/C=C\C)=C/C=C)c1cccc(-c2ccc3c4ccc(-c5ccc(C)c(-c6ccccc6C)c5)cc4c4ccccc4c3c2)c1. The molecule has 0 aliphatic rings. The molecule has 0 unspecified atom stereocenters. The van der Waals surface area contributed by atoms with Gasteiger partial charge in [-0.1, -0.05) is 135 Å². The van der Waals surface area contributed by atoms with Crippen molar-refractivity contribution in [3.8, 4) is 33.4 Å². The molecule has 7 aromatic carbocycles. The van der Waals surface area contributed by atoms with Gasteiger partial charge in [-0.3, -0.25) is 0 Å². The van der Waals surface area contributed by atoms with Gasteiger partial charge in [0, 0.05) is 17.1 Å². The number of hydrogen-bond donors (Lipinski definition) is 0. The van der Waals surface area contributed by atoms with Crippen molar-refractivity contribution in [3.63, 3.8) is 0 Å². The Hall–Kier alpha value is -6.44. The van der Waals surface area contributed by atoms with E-state index in [2.05, 4.69) is 172 Å². The summed E-state index contributed by atoms with van der Waals surface area (Å²) in [6.45, 7) is 18.4. The van der Waals surface area contributed by atoms with Gasteiger partial charge in [0.05, 0.1) is 0 Å². The second-order valence-corrected chi connectivity index (χ2v) is 13.2. The Kier molecular flexibility index (Phi) is 9.69. The van der Waals surface area contributed by atoms with Gasteiger partial charge >= 0.3 is 0 Å². The van der Waals surface area contributed by atoms with Crippen LogP contribution in [0.4, 0.5) is 5.69 Å². The van der Waals surface area contributed by atoms with Crippen LogP contribution in [0.25, 0.3) is 65.7 Å². The Labute approximate surface area is 308 Å². The highest BCUT2D eigenvalue weighted by Gasteiger charge is 2.16. The van der Waals surface area contributed by atoms with E-state index in [0.717, 1.165) is 28.2 Å². The lowest BCUT2D eigenvalue weighted by Gasteiger charge is -2.27. The van der Waals surface area contributed by atoms with E-state index in [1.807, 2.05) is 37.3 Å². The van der Waals surface area contributed by atoms with Crippen LogP contribution in [0.3, 0.4) is 0 Å². The number of aryl methyl sites for hydroxylation is 2. The van der Waals surface area contributed by atoms with E-state index in [0.29, 0.717) is 0 Å². The molecule has 0 saturated carbocycles. The van der Waals surface area contributed by atoms with Crippen LogP contribution in [-0.4, -0.2) is 0 Å². The molecule has 252 valence electrons. The van der Waals surface area contributed by atoms with Crippen molar-refractivity contribution in [2.45, 2.75) is 20.8 Å². The summed E-state index contributed by atoms with van der Waals surface area (Å²) in [7, 11) is 0. The van der Waals surface area contributed by atoms with Crippen molar-refractivity contribution in [1.29, 1.82) is 0 Å². The lowest BCUT2D eigenvalue weighted by atomic mass is 9.89. The highest BCUT2D eigenvalue weighted by Crippen LogP contribution is 2.40. The molecule has 0 saturated heterocycles. The highest BCUT2D eigenvalue weighted by molar-refractivity contribution is 6.26. The summed E-state index contributed by atoms with van der Waals surface area (Å²) in [4.78, 5) is 2.18. The monoisotopic (exact) mass is 669 g/mol. The lowest BCUT2D eigenvalue weighted by Crippen LogP contribution is -2.19. The van der Waals surface area contributed by atoms with E-state index < -0.39 is 0 Å². The average molecular weight is 670 g/mol. The zero-order chi connectivity index (χ0) is 36.2. The number of fused-ring (bicyclic) bond motifs is 6. The number of anilines is 1. The maximum Gasteiger partial charge on any atom is 0.0467 e. The zero-order valence-electron chi connectivity index (χ0n) is 30.2. The van der Waals surface area contributed by atoms with Crippen LogP contribution in [0.5, 0.6) is 0 Å². The molecule has 1 heteroatoms. The first-order valence-corrected chi connectivity index (χ1v) is 17.8. The normalized spacial score (nSPS) is 12.1. The zero-order valence-corrected chi connectivity index (χ0v) is 30.2. The number of rotatable bonds is 10. The molecule has 0 heterocycles. The molecule has 0 fully saturated rings. The van der Waals surface area contributed by atoms with Crippen LogP contribution in [0.1, 0.15) is 18.1 Å². The van der Waals surface area contributed by atoms with E-state index in [4.69, 9.17) is 0 Å². The predicted octanol–water partition coefficient (Wildman–Crippen LogP) is 14.5. The fraction of sp³-hybridized carbons (Fsp3) is 0.0588. The van der Waals surface area contributed by atoms with Gasteiger partial charge in [0.1, 0.15) is 0 Å². The summed E-state index contributed by atoms with van der Waals surface area (Å²) in [6.07, 6.45) is 13.6. The van der Waals surface area contributed by atoms with Crippen LogP contribution in [-0.2, 0) is 0 Å². The Morgan fingerprint density at radius 2 is 1.02 bits per heavy atom. The first-order chi connectivity index (χ1) is 25.4. The summed E-state index contributed by atoms with van der Waals surface area (Å²) in [6, 6.07) is 46.8. The second kappa shape index (κ2) is 14.8. The van der Waals surface area contributed by atoms with Crippen molar-refractivity contribution < 1.29 is 0 Å². The maximum absolute atomic E-state index is 4.11. The minimum atomic E-state index is 0.922. The topological polar surface area (TPSA) is 3.24 Å². The smallest absolute Gasteiger partial charge is 0.0467 e. The lowest BCUT2D eigenvalue weighted by molar-refractivity contribution is 1.14. The Balaban J connectivity index is 1.37. The fourth-order valence-corrected chi connectivity index (χ4v) is 7.41. The number of benzene rings is 7. The van der Waals surface area contributed by atoms with Crippen molar-refractivity contribution in [3.05, 3.63) is 212 Å². The molecular weight excluding hydrogens is 627 g/mol. The van der Waals surface area contributed by atoms with Gasteiger partial charge in [-0.05, 0) is 152 Å². The van der Waals surface area contributed by atoms with Crippen LogP contribution < -0.4 is 4.90 Å². The second-order valence-electron chi connectivity index (χ2n) is 13.2. The summed E-state index contributed by atoms with van der Waals surface area (Å²) in [5, 5.41) is 7.52. The van der Waals surface area contributed by atoms with Crippen LogP contribution in [0.15, 0.2) is 201 Å². The minimum Gasteiger partial charge on any atom is -0.311 e. The molecule has 0 aliphatic heterocycles. The molecule has 1 nitrogen and oxygen atoms in total. The molecule has 7 rings (SSSR count). The van der Waals surface area contributed by atoms with Crippen molar-refractivity contribution in [2.24, 2.45) is 0 Å². The Morgan fingerprint density at radius 1 is 0.481 bits per heavy atom. The third-order valence-electron chi connectivity index (χ3n) is 9.92. The summed E-state index contributed by atoms with van der Waals surface area (Å²) in [5.41, 5.74) is 12.8. The quantitative estimate of drug-likeness (QED) is 0.103. The van der Waals surface area contributed by atoms with Gasteiger partial charge in [0.2, 0.25) is 0 Å². The van der Waals surface area contributed by atoms with Gasteiger partial charge in [-0.25, -0.2) is 0 Å². The molecule has 0 N–H and O–H groups in total. The largest absolute Gasteiger partial charge is 0.311 e.